The lowest BCUT2D eigenvalue weighted by atomic mass is 9.80. The molecule has 0 radical (unpaired) electrons. The quantitative estimate of drug-likeness (QED) is 0.545. The minimum absolute atomic E-state index is 0.345. The van der Waals surface area contributed by atoms with Crippen LogP contribution in [0.2, 0.25) is 0 Å². The second-order valence-corrected chi connectivity index (χ2v) is 4.77. The molecule has 0 aromatic heterocycles. The molecule has 10 heavy (non-hydrogen) atoms. The van der Waals surface area contributed by atoms with Gasteiger partial charge < -0.3 is 5.11 Å². The Morgan fingerprint density at radius 1 is 1.40 bits per heavy atom. The smallest absolute Gasteiger partial charge is 0.0625 e. The molecule has 2 saturated carbocycles. The van der Waals surface area contributed by atoms with Gasteiger partial charge in [0.15, 0.2) is 0 Å². The Hall–Kier alpha value is -0.0400. The zero-order valence-electron chi connectivity index (χ0n) is 6.85. The average molecular weight is 140 g/mol. The molecule has 0 aromatic carbocycles. The molecule has 0 aromatic rings. The van der Waals surface area contributed by atoms with Crippen molar-refractivity contribution in [2.24, 2.45) is 11.3 Å². The Morgan fingerprint density at radius 3 is 2.60 bits per heavy atom. The lowest BCUT2D eigenvalue weighted by molar-refractivity contribution is 0.000608. The Bertz CT molecular complexity index is 159. The minimum atomic E-state index is -0.345. The van der Waals surface area contributed by atoms with Crippen LogP contribution >= 0.6 is 0 Å². The summed E-state index contributed by atoms with van der Waals surface area (Å²) >= 11 is 0. The summed E-state index contributed by atoms with van der Waals surface area (Å²) in [6.45, 7) is 4.29. The molecule has 0 spiro atoms. The van der Waals surface area contributed by atoms with Gasteiger partial charge in [0, 0.05) is 0 Å². The zero-order chi connectivity index (χ0) is 7.41. The van der Waals surface area contributed by atoms with Gasteiger partial charge in [0.25, 0.3) is 0 Å². The second-order valence-electron chi connectivity index (χ2n) is 4.77. The van der Waals surface area contributed by atoms with Crippen LogP contribution in [0.3, 0.4) is 0 Å². The summed E-state index contributed by atoms with van der Waals surface area (Å²) in [7, 11) is 0. The fourth-order valence-electron chi connectivity index (χ4n) is 2.61. The number of fused-ring (bicyclic) bond motifs is 1. The topological polar surface area (TPSA) is 20.2 Å². The fraction of sp³-hybridized carbons (Fsp3) is 1.00. The Morgan fingerprint density at radius 2 is 2.10 bits per heavy atom. The summed E-state index contributed by atoms with van der Waals surface area (Å²) in [4.78, 5) is 0. The molecule has 58 valence electrons. The Kier molecular flexibility index (Phi) is 1.05. The normalized spacial score (nSPS) is 59.7. The average Bonchev–Trinajstić information content (AvgIpc) is 2.35. The van der Waals surface area contributed by atoms with E-state index in [1.165, 1.54) is 12.8 Å². The highest BCUT2D eigenvalue weighted by atomic mass is 16.3. The van der Waals surface area contributed by atoms with E-state index in [0.717, 1.165) is 18.8 Å². The minimum Gasteiger partial charge on any atom is -0.390 e. The van der Waals surface area contributed by atoms with Crippen molar-refractivity contribution in [2.75, 3.05) is 0 Å². The largest absolute Gasteiger partial charge is 0.390 e. The van der Waals surface area contributed by atoms with Crippen molar-refractivity contribution in [3.05, 3.63) is 0 Å². The number of hydrogen-bond donors (Lipinski definition) is 1. The molecule has 1 heteroatoms. The Labute approximate surface area is 62.4 Å². The van der Waals surface area contributed by atoms with Crippen LogP contribution in [0.5, 0.6) is 0 Å². The van der Waals surface area contributed by atoms with Crippen molar-refractivity contribution in [3.63, 3.8) is 0 Å². The second kappa shape index (κ2) is 1.58. The molecule has 2 rings (SSSR count). The van der Waals surface area contributed by atoms with Gasteiger partial charge in [0.05, 0.1) is 5.60 Å². The summed E-state index contributed by atoms with van der Waals surface area (Å²) in [5.41, 5.74) is 0.184. The third-order valence-corrected chi connectivity index (χ3v) is 3.35. The van der Waals surface area contributed by atoms with Gasteiger partial charge in [-0.3, -0.25) is 0 Å². The molecule has 1 N–H and O–H groups in total. The molecule has 3 atom stereocenters. The maximum absolute atomic E-state index is 9.74. The molecule has 0 amide bonds. The number of hydrogen-bond acceptors (Lipinski definition) is 1. The van der Waals surface area contributed by atoms with Gasteiger partial charge in [-0.2, -0.15) is 0 Å². The van der Waals surface area contributed by atoms with Gasteiger partial charge in [-0.05, 0) is 43.9 Å². The molecular formula is C9H16O. The summed E-state index contributed by atoms with van der Waals surface area (Å²) in [6, 6.07) is 0. The zero-order valence-corrected chi connectivity index (χ0v) is 6.85. The summed E-state index contributed by atoms with van der Waals surface area (Å²) < 4.78 is 0. The SMILES string of the molecule is CC12CC1CC[C@](C)(O)C2. The van der Waals surface area contributed by atoms with Gasteiger partial charge in [0.2, 0.25) is 0 Å². The maximum atomic E-state index is 9.74. The van der Waals surface area contributed by atoms with Gasteiger partial charge >= 0.3 is 0 Å². The fourth-order valence-corrected chi connectivity index (χ4v) is 2.61. The van der Waals surface area contributed by atoms with Crippen molar-refractivity contribution in [1.82, 2.24) is 0 Å². The highest BCUT2D eigenvalue weighted by molar-refractivity contribution is 5.06. The lowest BCUT2D eigenvalue weighted by Crippen LogP contribution is -2.31. The van der Waals surface area contributed by atoms with E-state index in [1.54, 1.807) is 0 Å². The van der Waals surface area contributed by atoms with Crippen LogP contribution in [0, 0.1) is 11.3 Å². The van der Waals surface area contributed by atoms with Crippen LogP contribution in [0.15, 0.2) is 0 Å². The highest BCUT2D eigenvalue weighted by Crippen LogP contribution is 2.62. The van der Waals surface area contributed by atoms with E-state index in [2.05, 4.69) is 6.92 Å². The van der Waals surface area contributed by atoms with Crippen LogP contribution < -0.4 is 0 Å². The molecule has 0 aliphatic heterocycles. The molecule has 0 saturated heterocycles. The standard InChI is InChI=1S/C9H16O/c1-8-5-7(8)3-4-9(2,10)6-8/h7,10H,3-6H2,1-2H3/t7?,8?,9-/m0/s1. The van der Waals surface area contributed by atoms with Crippen LogP contribution in [-0.4, -0.2) is 10.7 Å². The van der Waals surface area contributed by atoms with Crippen molar-refractivity contribution in [1.29, 1.82) is 0 Å². The third-order valence-electron chi connectivity index (χ3n) is 3.35. The van der Waals surface area contributed by atoms with E-state index in [4.69, 9.17) is 0 Å². The molecule has 0 heterocycles. The van der Waals surface area contributed by atoms with E-state index in [-0.39, 0.29) is 5.60 Å². The predicted molar refractivity (Wildman–Crippen MR) is 40.7 cm³/mol. The predicted octanol–water partition coefficient (Wildman–Crippen LogP) is 1.95. The van der Waals surface area contributed by atoms with Crippen molar-refractivity contribution in [2.45, 2.75) is 45.1 Å². The molecule has 0 bridgehead atoms. The first-order valence-corrected chi connectivity index (χ1v) is 4.24. The molecule has 2 aliphatic carbocycles. The molecule has 2 fully saturated rings. The summed E-state index contributed by atoms with van der Waals surface area (Å²) in [6.07, 6.45) is 4.67. The van der Waals surface area contributed by atoms with Crippen molar-refractivity contribution in [3.8, 4) is 0 Å². The summed E-state index contributed by atoms with van der Waals surface area (Å²) in [5, 5.41) is 9.74. The first kappa shape index (κ1) is 6.66. The van der Waals surface area contributed by atoms with Crippen molar-refractivity contribution < 1.29 is 5.11 Å². The molecule has 2 aliphatic rings. The molecule has 1 nitrogen and oxygen atoms in total. The lowest BCUT2D eigenvalue weighted by Gasteiger charge is -2.31. The number of rotatable bonds is 0. The van der Waals surface area contributed by atoms with E-state index in [1.807, 2.05) is 6.92 Å². The highest BCUT2D eigenvalue weighted by Gasteiger charge is 2.55. The van der Waals surface area contributed by atoms with Crippen molar-refractivity contribution >= 4 is 0 Å². The Balaban J connectivity index is 2.09. The van der Waals surface area contributed by atoms with Crippen LogP contribution in [-0.2, 0) is 0 Å². The monoisotopic (exact) mass is 140 g/mol. The van der Waals surface area contributed by atoms with Gasteiger partial charge in [-0.15, -0.1) is 0 Å². The third kappa shape index (κ3) is 0.878. The van der Waals surface area contributed by atoms with Gasteiger partial charge in [0.1, 0.15) is 0 Å². The van der Waals surface area contributed by atoms with E-state index >= 15 is 0 Å². The van der Waals surface area contributed by atoms with E-state index < -0.39 is 0 Å². The van der Waals surface area contributed by atoms with E-state index in [0.29, 0.717) is 5.41 Å². The molecular weight excluding hydrogens is 124 g/mol. The van der Waals surface area contributed by atoms with Crippen LogP contribution in [0.4, 0.5) is 0 Å². The first-order valence-electron chi connectivity index (χ1n) is 4.24. The molecule has 2 unspecified atom stereocenters. The van der Waals surface area contributed by atoms with Gasteiger partial charge in [-0.1, -0.05) is 6.92 Å². The van der Waals surface area contributed by atoms with E-state index in [9.17, 15) is 5.11 Å². The van der Waals surface area contributed by atoms with Crippen LogP contribution in [0.1, 0.15) is 39.5 Å². The first-order chi connectivity index (χ1) is 4.52. The van der Waals surface area contributed by atoms with Crippen LogP contribution in [0.25, 0.3) is 0 Å². The summed E-state index contributed by atoms with van der Waals surface area (Å²) in [5.74, 6) is 0.952. The maximum Gasteiger partial charge on any atom is 0.0625 e. The number of aliphatic hydroxyl groups is 1. The van der Waals surface area contributed by atoms with Gasteiger partial charge in [-0.25, -0.2) is 0 Å².